The molecule has 0 fully saturated rings. The van der Waals surface area contributed by atoms with Crippen LogP contribution in [0.25, 0.3) is 11.1 Å². The molecule has 7 heteroatoms. The van der Waals surface area contributed by atoms with E-state index in [1.165, 1.54) is 0 Å². The Morgan fingerprint density at radius 1 is 1.37 bits per heavy atom. The van der Waals surface area contributed by atoms with Crippen molar-refractivity contribution in [2.45, 2.75) is 26.0 Å². The Hall–Kier alpha value is -2.95. The number of fused-ring (bicyclic) bond motifs is 1. The van der Waals surface area contributed by atoms with Gasteiger partial charge in [-0.2, -0.15) is 5.26 Å². The highest BCUT2D eigenvalue weighted by Gasteiger charge is 2.34. The van der Waals surface area contributed by atoms with E-state index in [2.05, 4.69) is 11.1 Å². The summed E-state index contributed by atoms with van der Waals surface area (Å²) in [6.45, 7) is 4.92. The maximum Gasteiger partial charge on any atom is 0.259 e. The molecule has 7 nitrogen and oxygen atoms in total. The number of carbonyl (C=O) groups is 1. The standard InChI is InChI=1S/C23H28N4O3/c1-15-12-27(16(2)14-28)23(29)20-9-19(18-7-5-6-17(8-18)10-24)11-25-22(20)30-21(15)13-26(3)4/h5-9,11,15-16,21,28H,12-14H2,1-4H3/t15-,16+,21-/m0/s1. The highest BCUT2D eigenvalue weighted by molar-refractivity contribution is 5.98. The molecule has 1 aromatic carbocycles. The number of carbonyl (C=O) groups excluding carboxylic acids is 1. The first-order valence-corrected chi connectivity index (χ1v) is 10.1. The molecule has 30 heavy (non-hydrogen) atoms. The quantitative estimate of drug-likeness (QED) is 0.817. The lowest BCUT2D eigenvalue weighted by molar-refractivity contribution is 0.0348. The van der Waals surface area contributed by atoms with Crippen molar-refractivity contribution in [1.82, 2.24) is 14.8 Å². The minimum absolute atomic E-state index is 0.0623. The number of ether oxygens (including phenoxy) is 1. The average Bonchev–Trinajstić information content (AvgIpc) is 2.75. The van der Waals surface area contributed by atoms with Crippen LogP contribution in [-0.2, 0) is 0 Å². The molecule has 0 unspecified atom stereocenters. The highest BCUT2D eigenvalue weighted by Crippen LogP contribution is 2.30. The number of pyridine rings is 1. The molecule has 0 saturated heterocycles. The van der Waals surface area contributed by atoms with E-state index in [9.17, 15) is 15.2 Å². The van der Waals surface area contributed by atoms with Crippen molar-refractivity contribution < 1.29 is 14.6 Å². The first-order chi connectivity index (χ1) is 14.3. The number of benzene rings is 1. The van der Waals surface area contributed by atoms with Gasteiger partial charge in [-0.25, -0.2) is 4.98 Å². The number of aliphatic hydroxyl groups is 1. The van der Waals surface area contributed by atoms with Gasteiger partial charge < -0.3 is 19.6 Å². The van der Waals surface area contributed by atoms with E-state index in [1.54, 1.807) is 35.4 Å². The third-order valence-corrected chi connectivity index (χ3v) is 5.39. The van der Waals surface area contributed by atoms with Gasteiger partial charge in [-0.1, -0.05) is 19.1 Å². The van der Waals surface area contributed by atoms with E-state index >= 15 is 0 Å². The van der Waals surface area contributed by atoms with Gasteiger partial charge in [0, 0.05) is 30.8 Å². The van der Waals surface area contributed by atoms with Crippen molar-refractivity contribution in [2.75, 3.05) is 33.8 Å². The number of nitrogens with zero attached hydrogens (tertiary/aromatic N) is 4. The number of aromatic nitrogens is 1. The van der Waals surface area contributed by atoms with Crippen LogP contribution in [0.5, 0.6) is 5.88 Å². The number of nitriles is 1. The Labute approximate surface area is 177 Å². The predicted molar refractivity (Wildman–Crippen MR) is 114 cm³/mol. The van der Waals surface area contributed by atoms with Gasteiger partial charge in [0.2, 0.25) is 5.88 Å². The topological polar surface area (TPSA) is 89.7 Å². The van der Waals surface area contributed by atoms with Crippen molar-refractivity contribution in [1.29, 1.82) is 5.26 Å². The van der Waals surface area contributed by atoms with E-state index < -0.39 is 0 Å². The number of amides is 1. The Morgan fingerprint density at radius 2 is 2.13 bits per heavy atom. The molecule has 0 bridgehead atoms. The van der Waals surface area contributed by atoms with Crippen LogP contribution in [0.4, 0.5) is 0 Å². The Kier molecular flexibility index (Phi) is 6.70. The van der Waals surface area contributed by atoms with Crippen molar-refractivity contribution in [3.63, 3.8) is 0 Å². The third kappa shape index (κ3) is 4.61. The van der Waals surface area contributed by atoms with Crippen molar-refractivity contribution in [3.05, 3.63) is 47.7 Å². The molecule has 0 spiro atoms. The van der Waals surface area contributed by atoms with Gasteiger partial charge >= 0.3 is 0 Å². The zero-order valence-corrected chi connectivity index (χ0v) is 17.9. The van der Waals surface area contributed by atoms with E-state index in [1.807, 2.05) is 38.9 Å². The molecule has 158 valence electrons. The second-order valence-electron chi connectivity index (χ2n) is 8.15. The Bertz CT molecular complexity index is 954. The zero-order valence-electron chi connectivity index (χ0n) is 17.9. The second kappa shape index (κ2) is 9.24. The molecule has 1 aromatic heterocycles. The fourth-order valence-electron chi connectivity index (χ4n) is 3.61. The molecule has 3 rings (SSSR count). The highest BCUT2D eigenvalue weighted by atomic mass is 16.5. The van der Waals surface area contributed by atoms with E-state index in [0.29, 0.717) is 30.1 Å². The van der Waals surface area contributed by atoms with E-state index in [-0.39, 0.29) is 30.6 Å². The number of aliphatic hydroxyl groups excluding tert-OH is 1. The third-order valence-electron chi connectivity index (χ3n) is 5.39. The summed E-state index contributed by atoms with van der Waals surface area (Å²) in [7, 11) is 3.96. The number of rotatable bonds is 5. The normalized spacial score (nSPS) is 20.0. The van der Waals surface area contributed by atoms with Crippen LogP contribution in [0.3, 0.4) is 0 Å². The summed E-state index contributed by atoms with van der Waals surface area (Å²) < 4.78 is 6.21. The van der Waals surface area contributed by atoms with Crippen LogP contribution in [-0.4, -0.2) is 71.7 Å². The van der Waals surface area contributed by atoms with Crippen LogP contribution < -0.4 is 4.74 Å². The minimum Gasteiger partial charge on any atom is -0.472 e. The largest absolute Gasteiger partial charge is 0.472 e. The molecule has 2 heterocycles. The maximum absolute atomic E-state index is 13.4. The summed E-state index contributed by atoms with van der Waals surface area (Å²) >= 11 is 0. The van der Waals surface area contributed by atoms with Crippen LogP contribution >= 0.6 is 0 Å². The fourth-order valence-corrected chi connectivity index (χ4v) is 3.61. The molecule has 1 aliphatic rings. The maximum atomic E-state index is 13.4. The fraction of sp³-hybridized carbons (Fsp3) is 0.435. The molecular formula is C23H28N4O3. The summed E-state index contributed by atoms with van der Waals surface area (Å²) in [6, 6.07) is 10.8. The predicted octanol–water partition coefficient (Wildman–Crippen LogP) is 2.40. The van der Waals surface area contributed by atoms with Gasteiger partial charge in [0.1, 0.15) is 11.7 Å². The van der Waals surface area contributed by atoms with Gasteiger partial charge in [-0.3, -0.25) is 4.79 Å². The first kappa shape index (κ1) is 21.8. The van der Waals surface area contributed by atoms with Crippen LogP contribution in [0.2, 0.25) is 0 Å². The lowest BCUT2D eigenvalue weighted by Gasteiger charge is -2.37. The number of hydrogen-bond donors (Lipinski definition) is 1. The minimum atomic E-state index is -0.323. The number of hydrogen-bond acceptors (Lipinski definition) is 6. The Morgan fingerprint density at radius 3 is 2.80 bits per heavy atom. The van der Waals surface area contributed by atoms with Gasteiger partial charge in [0.25, 0.3) is 5.91 Å². The second-order valence-corrected chi connectivity index (χ2v) is 8.15. The molecular weight excluding hydrogens is 380 g/mol. The van der Waals surface area contributed by atoms with Crippen molar-refractivity contribution in [2.24, 2.45) is 5.92 Å². The Balaban J connectivity index is 2.08. The number of likely N-dealkylation sites (N-methyl/N-ethyl adjacent to an activating group) is 1. The van der Waals surface area contributed by atoms with E-state index in [4.69, 9.17) is 4.74 Å². The van der Waals surface area contributed by atoms with Crippen LogP contribution in [0.1, 0.15) is 29.8 Å². The van der Waals surface area contributed by atoms with Gasteiger partial charge in [0.05, 0.1) is 24.3 Å². The average molecular weight is 409 g/mol. The summed E-state index contributed by atoms with van der Waals surface area (Å²) in [5.74, 6) is 0.147. The van der Waals surface area contributed by atoms with Gasteiger partial charge in [-0.15, -0.1) is 0 Å². The summed E-state index contributed by atoms with van der Waals surface area (Å²) in [5, 5.41) is 18.9. The van der Waals surface area contributed by atoms with Crippen molar-refractivity contribution in [3.8, 4) is 23.1 Å². The monoisotopic (exact) mass is 408 g/mol. The molecule has 1 amide bonds. The lowest BCUT2D eigenvalue weighted by Crippen LogP contribution is -2.49. The molecule has 0 aliphatic carbocycles. The molecule has 1 N–H and O–H groups in total. The smallest absolute Gasteiger partial charge is 0.259 e. The van der Waals surface area contributed by atoms with Crippen LogP contribution in [0, 0.1) is 17.2 Å². The molecule has 2 aromatic rings. The summed E-state index contributed by atoms with van der Waals surface area (Å²) in [5.41, 5.74) is 2.44. The summed E-state index contributed by atoms with van der Waals surface area (Å²) in [4.78, 5) is 21.6. The molecule has 3 atom stereocenters. The van der Waals surface area contributed by atoms with Crippen molar-refractivity contribution >= 4 is 5.91 Å². The van der Waals surface area contributed by atoms with Gasteiger partial charge in [-0.05, 0) is 44.8 Å². The van der Waals surface area contributed by atoms with E-state index in [0.717, 1.165) is 11.1 Å². The van der Waals surface area contributed by atoms with Crippen LogP contribution in [0.15, 0.2) is 36.5 Å². The molecule has 0 radical (unpaired) electrons. The SMILES string of the molecule is C[C@H](CO)N1C[C@H](C)[C@H](CN(C)C)Oc2ncc(-c3cccc(C#N)c3)cc2C1=O. The molecule has 1 aliphatic heterocycles. The zero-order chi connectivity index (χ0) is 21.8. The lowest BCUT2D eigenvalue weighted by atomic mass is 9.99. The first-order valence-electron chi connectivity index (χ1n) is 10.1. The van der Waals surface area contributed by atoms with Gasteiger partial charge in [0.15, 0.2) is 0 Å². The summed E-state index contributed by atoms with van der Waals surface area (Å²) in [6.07, 6.45) is 1.52. The molecule has 0 saturated carbocycles.